The van der Waals surface area contributed by atoms with Crippen molar-refractivity contribution < 1.29 is 13.5 Å². The molecule has 2 aromatic heterocycles. The quantitative estimate of drug-likeness (QED) is 0.690. The zero-order valence-electron chi connectivity index (χ0n) is 15.0. The summed E-state index contributed by atoms with van der Waals surface area (Å²) in [6.45, 7) is 2.01. The highest BCUT2D eigenvalue weighted by molar-refractivity contribution is 5.63. The van der Waals surface area contributed by atoms with E-state index in [0.29, 0.717) is 5.69 Å². The molecule has 27 heavy (non-hydrogen) atoms. The summed E-state index contributed by atoms with van der Waals surface area (Å²) in [5.74, 6) is -0.420. The minimum atomic E-state index is -0.775. The summed E-state index contributed by atoms with van der Waals surface area (Å²) < 4.78 is 35.6. The van der Waals surface area contributed by atoms with Crippen LogP contribution in [0.3, 0.4) is 0 Å². The number of nitrogens with zero attached hydrogens (tertiary/aromatic N) is 4. The molecule has 1 aliphatic rings. The van der Waals surface area contributed by atoms with E-state index < -0.39 is 11.6 Å². The number of ether oxygens (including phenoxy) is 1. The van der Waals surface area contributed by atoms with Crippen LogP contribution in [0.1, 0.15) is 19.3 Å². The second kappa shape index (κ2) is 7.34. The van der Waals surface area contributed by atoms with E-state index in [1.54, 1.807) is 17.0 Å². The SMILES string of the molecule is COc1ccc(F)c(-c2nccn2-c2ccc(N3CCCCC3)nc2)c1F. The Labute approximate surface area is 156 Å². The van der Waals surface area contributed by atoms with Crippen molar-refractivity contribution in [2.24, 2.45) is 0 Å². The van der Waals surface area contributed by atoms with Crippen LogP contribution >= 0.6 is 0 Å². The van der Waals surface area contributed by atoms with E-state index in [2.05, 4.69) is 14.9 Å². The lowest BCUT2D eigenvalue weighted by Gasteiger charge is -2.27. The van der Waals surface area contributed by atoms with E-state index in [1.165, 1.54) is 44.7 Å². The van der Waals surface area contributed by atoms with Crippen molar-refractivity contribution in [2.45, 2.75) is 19.3 Å². The van der Waals surface area contributed by atoms with Crippen LogP contribution < -0.4 is 9.64 Å². The van der Waals surface area contributed by atoms with Gasteiger partial charge in [0.2, 0.25) is 0 Å². The van der Waals surface area contributed by atoms with Gasteiger partial charge in [-0.05, 0) is 43.5 Å². The second-order valence-electron chi connectivity index (χ2n) is 6.48. The van der Waals surface area contributed by atoms with E-state index in [9.17, 15) is 8.78 Å². The first kappa shape index (κ1) is 17.5. The smallest absolute Gasteiger partial charge is 0.178 e. The number of piperidine rings is 1. The van der Waals surface area contributed by atoms with Crippen molar-refractivity contribution in [1.29, 1.82) is 0 Å². The summed E-state index contributed by atoms with van der Waals surface area (Å²) in [5, 5.41) is 0. The normalized spacial score (nSPS) is 14.4. The average molecular weight is 370 g/mol. The Morgan fingerprint density at radius 2 is 1.81 bits per heavy atom. The molecular formula is C20H20F2N4O. The Morgan fingerprint density at radius 1 is 1.00 bits per heavy atom. The van der Waals surface area contributed by atoms with Crippen LogP contribution in [0.15, 0.2) is 42.9 Å². The summed E-state index contributed by atoms with van der Waals surface area (Å²) in [4.78, 5) is 11.0. The fourth-order valence-corrected chi connectivity index (χ4v) is 3.42. The lowest BCUT2D eigenvalue weighted by atomic mass is 10.1. The Kier molecular flexibility index (Phi) is 4.75. The predicted molar refractivity (Wildman–Crippen MR) is 99.3 cm³/mol. The molecular weight excluding hydrogens is 350 g/mol. The summed E-state index contributed by atoms with van der Waals surface area (Å²) in [6.07, 6.45) is 8.46. The lowest BCUT2D eigenvalue weighted by Crippen LogP contribution is -2.30. The van der Waals surface area contributed by atoms with Crippen LogP contribution in [0.4, 0.5) is 14.6 Å². The monoisotopic (exact) mass is 370 g/mol. The molecule has 140 valence electrons. The Bertz CT molecular complexity index is 934. The molecule has 0 bridgehead atoms. The number of pyridine rings is 1. The number of anilines is 1. The molecule has 0 unspecified atom stereocenters. The topological polar surface area (TPSA) is 43.2 Å². The number of hydrogen-bond donors (Lipinski definition) is 0. The number of imidazole rings is 1. The standard InChI is InChI=1S/C20H20F2N4O/c1-27-16-7-6-15(21)18(19(16)22)20-23-9-12-26(20)14-5-8-17(24-13-14)25-10-3-2-4-11-25/h5-9,12-13H,2-4,10-11H2,1H3. The summed E-state index contributed by atoms with van der Waals surface area (Å²) in [7, 11) is 1.34. The predicted octanol–water partition coefficient (Wildman–Crippen LogP) is 4.21. The Balaban J connectivity index is 1.71. The van der Waals surface area contributed by atoms with Gasteiger partial charge in [-0.3, -0.25) is 4.57 Å². The van der Waals surface area contributed by atoms with Crippen LogP contribution in [-0.2, 0) is 0 Å². The molecule has 1 aromatic carbocycles. The van der Waals surface area contributed by atoms with Gasteiger partial charge in [0.15, 0.2) is 17.4 Å². The second-order valence-corrected chi connectivity index (χ2v) is 6.48. The molecule has 3 heterocycles. The van der Waals surface area contributed by atoms with Crippen molar-refractivity contribution >= 4 is 5.82 Å². The van der Waals surface area contributed by atoms with Gasteiger partial charge < -0.3 is 9.64 Å². The molecule has 0 aliphatic carbocycles. The van der Waals surface area contributed by atoms with Crippen molar-refractivity contribution in [1.82, 2.24) is 14.5 Å². The first-order valence-electron chi connectivity index (χ1n) is 8.96. The highest BCUT2D eigenvalue weighted by Crippen LogP contribution is 2.32. The van der Waals surface area contributed by atoms with Gasteiger partial charge in [0.05, 0.1) is 24.6 Å². The molecule has 0 radical (unpaired) electrons. The summed E-state index contributed by atoms with van der Waals surface area (Å²) in [5.41, 5.74) is 0.462. The van der Waals surface area contributed by atoms with Crippen LogP contribution in [0.5, 0.6) is 5.75 Å². The van der Waals surface area contributed by atoms with Gasteiger partial charge in [-0.15, -0.1) is 0 Å². The molecule has 5 nitrogen and oxygen atoms in total. The molecule has 1 fully saturated rings. The maximum atomic E-state index is 14.7. The molecule has 0 amide bonds. The molecule has 0 N–H and O–H groups in total. The third kappa shape index (κ3) is 3.25. The molecule has 0 spiro atoms. The largest absolute Gasteiger partial charge is 0.494 e. The van der Waals surface area contributed by atoms with Crippen LogP contribution in [0.2, 0.25) is 0 Å². The maximum absolute atomic E-state index is 14.7. The lowest BCUT2D eigenvalue weighted by molar-refractivity contribution is 0.385. The van der Waals surface area contributed by atoms with Crippen LogP contribution in [-0.4, -0.2) is 34.7 Å². The van der Waals surface area contributed by atoms with E-state index in [-0.39, 0.29) is 17.1 Å². The molecule has 4 rings (SSSR count). The number of aromatic nitrogens is 3. The van der Waals surface area contributed by atoms with Gasteiger partial charge >= 0.3 is 0 Å². The van der Waals surface area contributed by atoms with Gasteiger partial charge in [0.1, 0.15) is 11.6 Å². The van der Waals surface area contributed by atoms with Crippen molar-refractivity contribution in [3.63, 3.8) is 0 Å². The third-order valence-electron chi connectivity index (χ3n) is 4.83. The molecule has 7 heteroatoms. The zero-order valence-corrected chi connectivity index (χ0v) is 15.0. The third-order valence-corrected chi connectivity index (χ3v) is 4.83. The fraction of sp³-hybridized carbons (Fsp3) is 0.300. The molecule has 3 aromatic rings. The molecule has 0 atom stereocenters. The van der Waals surface area contributed by atoms with Crippen molar-refractivity contribution in [3.05, 3.63) is 54.5 Å². The zero-order chi connectivity index (χ0) is 18.8. The number of methoxy groups -OCH3 is 1. The molecule has 1 aliphatic heterocycles. The number of benzene rings is 1. The Hall–Kier alpha value is -2.96. The first-order valence-corrected chi connectivity index (χ1v) is 8.96. The number of hydrogen-bond acceptors (Lipinski definition) is 4. The van der Waals surface area contributed by atoms with Gasteiger partial charge in [-0.2, -0.15) is 0 Å². The minimum Gasteiger partial charge on any atom is -0.494 e. The van der Waals surface area contributed by atoms with E-state index in [1.807, 2.05) is 12.1 Å². The molecule has 1 saturated heterocycles. The van der Waals surface area contributed by atoms with Crippen LogP contribution in [0, 0.1) is 11.6 Å². The first-order chi connectivity index (χ1) is 13.2. The molecule has 0 saturated carbocycles. The van der Waals surface area contributed by atoms with Crippen molar-refractivity contribution in [3.8, 4) is 22.8 Å². The highest BCUT2D eigenvalue weighted by Gasteiger charge is 2.21. The summed E-state index contributed by atoms with van der Waals surface area (Å²) in [6, 6.07) is 6.26. The van der Waals surface area contributed by atoms with E-state index in [4.69, 9.17) is 4.74 Å². The maximum Gasteiger partial charge on any atom is 0.178 e. The van der Waals surface area contributed by atoms with Crippen molar-refractivity contribution in [2.75, 3.05) is 25.1 Å². The fourth-order valence-electron chi connectivity index (χ4n) is 3.42. The van der Waals surface area contributed by atoms with E-state index in [0.717, 1.165) is 18.9 Å². The number of halogens is 2. The highest BCUT2D eigenvalue weighted by atomic mass is 19.1. The van der Waals surface area contributed by atoms with Gasteiger partial charge in [-0.25, -0.2) is 18.7 Å². The van der Waals surface area contributed by atoms with Crippen LogP contribution in [0.25, 0.3) is 17.1 Å². The Morgan fingerprint density at radius 3 is 2.52 bits per heavy atom. The van der Waals surface area contributed by atoms with E-state index >= 15 is 0 Å². The van der Waals surface area contributed by atoms with Gasteiger partial charge in [0.25, 0.3) is 0 Å². The van der Waals surface area contributed by atoms with Gasteiger partial charge in [0, 0.05) is 25.5 Å². The average Bonchev–Trinajstić information content (AvgIpc) is 3.18. The summed E-state index contributed by atoms with van der Waals surface area (Å²) >= 11 is 0. The van der Waals surface area contributed by atoms with Gasteiger partial charge in [-0.1, -0.05) is 0 Å². The number of rotatable bonds is 4. The minimum absolute atomic E-state index is 0.0282.